The first-order chi connectivity index (χ1) is 17.4. The van der Waals surface area contributed by atoms with E-state index in [1.807, 2.05) is 30.1 Å². The van der Waals surface area contributed by atoms with Crippen molar-refractivity contribution in [3.63, 3.8) is 0 Å². The van der Waals surface area contributed by atoms with Crippen LogP contribution >= 0.6 is 11.8 Å². The Morgan fingerprint density at radius 2 is 1.86 bits per heavy atom. The predicted octanol–water partition coefficient (Wildman–Crippen LogP) is 6.41. The summed E-state index contributed by atoms with van der Waals surface area (Å²) in [7, 11) is 0. The lowest BCUT2D eigenvalue weighted by atomic mass is 10.1. The fraction of sp³-hybridized carbons (Fsp3) is 0.429. The summed E-state index contributed by atoms with van der Waals surface area (Å²) in [4.78, 5) is 22.4. The second-order valence-corrected chi connectivity index (χ2v) is 11.2. The highest BCUT2D eigenvalue weighted by molar-refractivity contribution is 8.00. The number of nitrogens with zero attached hydrogens (tertiary/aromatic N) is 6. The SMILES string of the molecule is CCN1CCC(Sc2ccc(Nc3nccc(-c4cc(C)c5nc(C)n(C(C)C)c5c4)n3)nc2)CC1. The summed E-state index contributed by atoms with van der Waals surface area (Å²) in [5, 5.41) is 3.95. The third-order valence-corrected chi connectivity index (χ3v) is 8.21. The van der Waals surface area contributed by atoms with Crippen LogP contribution < -0.4 is 5.32 Å². The van der Waals surface area contributed by atoms with Crippen molar-refractivity contribution in [2.24, 2.45) is 0 Å². The number of anilines is 2. The van der Waals surface area contributed by atoms with Crippen LogP contribution in [0, 0.1) is 13.8 Å². The molecule has 1 fully saturated rings. The van der Waals surface area contributed by atoms with Crippen molar-refractivity contribution >= 4 is 34.6 Å². The Morgan fingerprint density at radius 1 is 1.06 bits per heavy atom. The topological polar surface area (TPSA) is 71.8 Å². The number of hydrogen-bond acceptors (Lipinski definition) is 7. The van der Waals surface area contributed by atoms with E-state index in [-0.39, 0.29) is 0 Å². The molecule has 1 aliphatic heterocycles. The lowest BCUT2D eigenvalue weighted by Crippen LogP contribution is -2.34. The fourth-order valence-corrected chi connectivity index (χ4v) is 6.13. The number of likely N-dealkylation sites (tertiary alicyclic amines) is 1. The van der Waals surface area contributed by atoms with E-state index < -0.39 is 0 Å². The van der Waals surface area contributed by atoms with Crippen LogP contribution in [-0.4, -0.2) is 54.3 Å². The number of benzene rings is 1. The minimum Gasteiger partial charge on any atom is -0.326 e. The number of fused-ring (bicyclic) bond motifs is 1. The van der Waals surface area contributed by atoms with Crippen molar-refractivity contribution < 1.29 is 0 Å². The van der Waals surface area contributed by atoms with Gasteiger partial charge in [0.05, 0.1) is 16.7 Å². The maximum absolute atomic E-state index is 4.80. The number of piperidine rings is 1. The van der Waals surface area contributed by atoms with Crippen LogP contribution in [0.15, 0.2) is 47.6 Å². The molecule has 0 atom stereocenters. The molecule has 8 heteroatoms. The van der Waals surface area contributed by atoms with Crippen molar-refractivity contribution in [3.05, 3.63) is 54.1 Å². The number of aromatic nitrogens is 5. The van der Waals surface area contributed by atoms with Gasteiger partial charge in [-0.1, -0.05) is 6.92 Å². The van der Waals surface area contributed by atoms with Crippen LogP contribution in [0.3, 0.4) is 0 Å². The molecule has 0 amide bonds. The molecule has 1 aliphatic rings. The van der Waals surface area contributed by atoms with Crippen LogP contribution in [-0.2, 0) is 0 Å². The first-order valence-corrected chi connectivity index (χ1v) is 13.7. The molecule has 0 bridgehead atoms. The molecule has 3 aromatic heterocycles. The molecular formula is C28H35N7S. The van der Waals surface area contributed by atoms with E-state index in [0.29, 0.717) is 17.2 Å². The molecule has 1 saturated heterocycles. The van der Waals surface area contributed by atoms with Gasteiger partial charge >= 0.3 is 0 Å². The quantitative estimate of drug-likeness (QED) is 0.314. The lowest BCUT2D eigenvalue weighted by Gasteiger charge is -2.30. The summed E-state index contributed by atoms with van der Waals surface area (Å²) in [6.45, 7) is 14.3. The highest BCUT2D eigenvalue weighted by atomic mass is 32.2. The molecule has 4 heterocycles. The highest BCUT2D eigenvalue weighted by Gasteiger charge is 2.19. The zero-order chi connectivity index (χ0) is 25.2. The van der Waals surface area contributed by atoms with E-state index in [0.717, 1.165) is 46.0 Å². The van der Waals surface area contributed by atoms with E-state index in [1.54, 1.807) is 6.20 Å². The second-order valence-electron chi connectivity index (χ2n) is 9.80. The Morgan fingerprint density at radius 3 is 2.56 bits per heavy atom. The van der Waals surface area contributed by atoms with Gasteiger partial charge in [-0.3, -0.25) is 0 Å². The van der Waals surface area contributed by atoms with Crippen molar-refractivity contribution in [2.75, 3.05) is 25.0 Å². The summed E-state index contributed by atoms with van der Waals surface area (Å²) in [6, 6.07) is 10.8. The van der Waals surface area contributed by atoms with Gasteiger partial charge in [0, 0.05) is 34.1 Å². The summed E-state index contributed by atoms with van der Waals surface area (Å²) in [5.41, 5.74) is 5.27. The van der Waals surface area contributed by atoms with Crippen LogP contribution in [0.4, 0.5) is 11.8 Å². The number of rotatable bonds is 7. The maximum atomic E-state index is 4.80. The maximum Gasteiger partial charge on any atom is 0.228 e. The van der Waals surface area contributed by atoms with Crippen LogP contribution in [0.5, 0.6) is 0 Å². The standard InChI is InChI=1S/C28H35N7S/c1-6-34-13-10-22(11-14-34)36-23-7-8-26(30-17-23)33-28-29-12-9-24(32-28)21-15-19(4)27-25(16-21)35(18(2)3)20(5)31-27/h7-9,12,15-18,22H,6,10-11,13-14H2,1-5H3,(H,29,30,32,33). The first-order valence-electron chi connectivity index (χ1n) is 12.9. The number of imidazole rings is 1. The monoisotopic (exact) mass is 501 g/mol. The van der Waals surface area contributed by atoms with Gasteiger partial charge in [0.15, 0.2) is 0 Å². The molecule has 36 heavy (non-hydrogen) atoms. The average Bonchev–Trinajstić information content (AvgIpc) is 3.22. The van der Waals surface area contributed by atoms with Crippen molar-refractivity contribution in [3.8, 4) is 11.3 Å². The van der Waals surface area contributed by atoms with Gasteiger partial charge in [-0.25, -0.2) is 19.9 Å². The highest BCUT2D eigenvalue weighted by Crippen LogP contribution is 2.31. The normalized spacial score (nSPS) is 15.2. The Hall–Kier alpha value is -2.97. The van der Waals surface area contributed by atoms with Crippen molar-refractivity contribution in [1.82, 2.24) is 29.4 Å². The number of hydrogen-bond donors (Lipinski definition) is 1. The molecule has 0 spiro atoms. The van der Waals surface area contributed by atoms with Gasteiger partial charge < -0.3 is 14.8 Å². The Labute approximate surface area is 217 Å². The zero-order valence-corrected chi connectivity index (χ0v) is 22.6. The molecule has 188 valence electrons. The second kappa shape index (κ2) is 10.6. The molecule has 7 nitrogen and oxygen atoms in total. The van der Waals surface area contributed by atoms with E-state index in [2.05, 4.69) is 77.6 Å². The van der Waals surface area contributed by atoms with E-state index in [9.17, 15) is 0 Å². The number of nitrogens with one attached hydrogen (secondary N) is 1. The average molecular weight is 502 g/mol. The van der Waals surface area contributed by atoms with E-state index in [4.69, 9.17) is 9.97 Å². The first kappa shape index (κ1) is 24.7. The van der Waals surface area contributed by atoms with Gasteiger partial charge in [0.1, 0.15) is 11.6 Å². The molecule has 0 unspecified atom stereocenters. The number of pyridine rings is 1. The summed E-state index contributed by atoms with van der Waals surface area (Å²) in [6.07, 6.45) is 6.22. The van der Waals surface area contributed by atoms with Gasteiger partial charge in [-0.2, -0.15) is 0 Å². The van der Waals surface area contributed by atoms with Crippen molar-refractivity contribution in [1.29, 1.82) is 0 Å². The zero-order valence-electron chi connectivity index (χ0n) is 21.8. The summed E-state index contributed by atoms with van der Waals surface area (Å²) < 4.78 is 2.28. The lowest BCUT2D eigenvalue weighted by molar-refractivity contribution is 0.244. The number of aryl methyl sites for hydroxylation is 2. The molecule has 0 saturated carbocycles. The third kappa shape index (κ3) is 5.25. The largest absolute Gasteiger partial charge is 0.326 e. The third-order valence-electron chi connectivity index (χ3n) is 6.89. The van der Waals surface area contributed by atoms with Gasteiger partial charge in [0.2, 0.25) is 5.95 Å². The Balaban J connectivity index is 1.31. The molecule has 5 rings (SSSR count). The molecule has 1 N–H and O–H groups in total. The van der Waals surface area contributed by atoms with Crippen LogP contribution in [0.2, 0.25) is 0 Å². The van der Waals surface area contributed by atoms with Crippen LogP contribution in [0.25, 0.3) is 22.3 Å². The van der Waals surface area contributed by atoms with Gasteiger partial charge in [-0.15, -0.1) is 11.8 Å². The van der Waals surface area contributed by atoms with E-state index >= 15 is 0 Å². The Bertz CT molecular complexity index is 1340. The smallest absolute Gasteiger partial charge is 0.228 e. The predicted molar refractivity (Wildman–Crippen MR) is 149 cm³/mol. The minimum absolute atomic E-state index is 0.337. The van der Waals surface area contributed by atoms with Crippen LogP contribution in [0.1, 0.15) is 51.0 Å². The Kier molecular flexibility index (Phi) is 7.25. The summed E-state index contributed by atoms with van der Waals surface area (Å²) >= 11 is 1.94. The fourth-order valence-electron chi connectivity index (χ4n) is 5.03. The van der Waals surface area contributed by atoms with Gasteiger partial charge in [0.25, 0.3) is 0 Å². The molecule has 0 aliphatic carbocycles. The molecule has 4 aromatic rings. The molecule has 1 aromatic carbocycles. The molecular weight excluding hydrogens is 466 g/mol. The number of thioether (sulfide) groups is 1. The van der Waals surface area contributed by atoms with Crippen molar-refractivity contribution in [2.45, 2.75) is 63.6 Å². The summed E-state index contributed by atoms with van der Waals surface area (Å²) in [5.74, 6) is 2.32. The van der Waals surface area contributed by atoms with Gasteiger partial charge in [-0.05, 0) is 96.1 Å². The van der Waals surface area contributed by atoms with E-state index in [1.165, 1.54) is 30.8 Å². The molecule has 0 radical (unpaired) electrons. The minimum atomic E-state index is 0.337.